The molecule has 4 aliphatic carbocycles. The standard InChI is InChI=1S/C21H34O3/c1-12(22)16-6-7-17-15-5-4-13-10-14(23)8-9-20(13,2)18(15)11-19(24)21(16,17)3/h13-19,23-24H,4-11H2,1-3H3/t13-,14+,15+,16-,17+,18+,19-,20-,21+/m0/s1. The highest BCUT2D eigenvalue weighted by atomic mass is 16.3. The van der Waals surface area contributed by atoms with E-state index in [9.17, 15) is 15.0 Å². The van der Waals surface area contributed by atoms with Crippen LogP contribution in [0.4, 0.5) is 0 Å². The van der Waals surface area contributed by atoms with Gasteiger partial charge < -0.3 is 10.2 Å². The van der Waals surface area contributed by atoms with Crippen LogP contribution in [0.1, 0.15) is 72.1 Å². The van der Waals surface area contributed by atoms with E-state index in [1.807, 2.05) is 0 Å². The van der Waals surface area contributed by atoms with Crippen molar-refractivity contribution in [1.29, 1.82) is 0 Å². The zero-order valence-corrected chi connectivity index (χ0v) is 15.5. The third kappa shape index (κ3) is 2.13. The molecule has 0 spiro atoms. The highest BCUT2D eigenvalue weighted by Crippen LogP contribution is 2.67. The van der Waals surface area contributed by atoms with Gasteiger partial charge in [-0.05, 0) is 87.4 Å². The average molecular weight is 335 g/mol. The fourth-order valence-corrected chi connectivity index (χ4v) is 7.86. The molecule has 0 unspecified atom stereocenters. The number of Topliss-reactive ketones (excluding diaryl/α,β-unsaturated/α-hetero) is 1. The van der Waals surface area contributed by atoms with Gasteiger partial charge in [0, 0.05) is 11.3 Å². The lowest BCUT2D eigenvalue weighted by atomic mass is 9.44. The van der Waals surface area contributed by atoms with Crippen molar-refractivity contribution in [2.24, 2.45) is 40.4 Å². The largest absolute Gasteiger partial charge is 0.393 e. The van der Waals surface area contributed by atoms with E-state index in [0.29, 0.717) is 23.7 Å². The lowest BCUT2D eigenvalue weighted by molar-refractivity contribution is -0.173. The van der Waals surface area contributed by atoms with Crippen LogP contribution in [-0.4, -0.2) is 28.2 Å². The van der Waals surface area contributed by atoms with Gasteiger partial charge in [-0.2, -0.15) is 0 Å². The molecule has 136 valence electrons. The first-order chi connectivity index (χ1) is 11.3. The Balaban J connectivity index is 1.66. The number of carbonyl (C=O) groups is 1. The van der Waals surface area contributed by atoms with Crippen molar-refractivity contribution in [2.45, 2.75) is 84.3 Å². The van der Waals surface area contributed by atoms with Gasteiger partial charge in [-0.3, -0.25) is 4.79 Å². The number of hydrogen-bond acceptors (Lipinski definition) is 3. The monoisotopic (exact) mass is 334 g/mol. The molecule has 9 atom stereocenters. The van der Waals surface area contributed by atoms with E-state index in [1.54, 1.807) is 6.92 Å². The number of aliphatic hydroxyl groups is 2. The molecule has 2 N–H and O–H groups in total. The Kier molecular flexibility index (Phi) is 3.93. The smallest absolute Gasteiger partial charge is 0.133 e. The number of carbonyl (C=O) groups excluding carboxylic acids is 1. The van der Waals surface area contributed by atoms with Crippen LogP contribution in [0.15, 0.2) is 0 Å². The van der Waals surface area contributed by atoms with Crippen LogP contribution in [0.25, 0.3) is 0 Å². The summed E-state index contributed by atoms with van der Waals surface area (Å²) in [6.07, 6.45) is 7.92. The van der Waals surface area contributed by atoms with E-state index in [2.05, 4.69) is 13.8 Å². The van der Waals surface area contributed by atoms with Crippen molar-refractivity contribution in [3.05, 3.63) is 0 Å². The zero-order chi connectivity index (χ0) is 17.3. The summed E-state index contributed by atoms with van der Waals surface area (Å²) in [7, 11) is 0. The maximum atomic E-state index is 12.2. The van der Waals surface area contributed by atoms with Gasteiger partial charge in [-0.15, -0.1) is 0 Å². The van der Waals surface area contributed by atoms with Crippen LogP contribution in [0.3, 0.4) is 0 Å². The Bertz CT molecular complexity index is 531. The first-order valence-electron chi connectivity index (χ1n) is 10.1. The molecule has 3 heteroatoms. The maximum Gasteiger partial charge on any atom is 0.133 e. The third-order valence-corrected chi connectivity index (χ3v) is 9.24. The quantitative estimate of drug-likeness (QED) is 0.771. The van der Waals surface area contributed by atoms with Gasteiger partial charge in [0.15, 0.2) is 0 Å². The molecule has 4 rings (SSSR count). The highest BCUT2D eigenvalue weighted by Gasteiger charge is 2.63. The molecule has 3 nitrogen and oxygen atoms in total. The summed E-state index contributed by atoms with van der Waals surface area (Å²) in [5.41, 5.74) is 0.0726. The first-order valence-corrected chi connectivity index (χ1v) is 10.1. The predicted octanol–water partition coefficient (Wildman–Crippen LogP) is 3.57. The lowest BCUT2D eigenvalue weighted by Crippen LogP contribution is -2.58. The van der Waals surface area contributed by atoms with Gasteiger partial charge >= 0.3 is 0 Å². The molecule has 0 aromatic heterocycles. The van der Waals surface area contributed by atoms with Crippen LogP contribution in [0.5, 0.6) is 0 Å². The van der Waals surface area contributed by atoms with Gasteiger partial charge in [-0.25, -0.2) is 0 Å². The summed E-state index contributed by atoms with van der Waals surface area (Å²) in [6, 6.07) is 0. The van der Waals surface area contributed by atoms with Gasteiger partial charge in [0.2, 0.25) is 0 Å². The second-order valence-corrected chi connectivity index (χ2v) is 9.94. The van der Waals surface area contributed by atoms with Gasteiger partial charge in [0.05, 0.1) is 12.2 Å². The molecule has 0 bridgehead atoms. The van der Waals surface area contributed by atoms with E-state index < -0.39 is 0 Å². The van der Waals surface area contributed by atoms with Crippen molar-refractivity contribution in [1.82, 2.24) is 0 Å². The summed E-state index contributed by atoms with van der Waals surface area (Å²) >= 11 is 0. The van der Waals surface area contributed by atoms with E-state index in [4.69, 9.17) is 0 Å². The van der Waals surface area contributed by atoms with Crippen LogP contribution >= 0.6 is 0 Å². The fraction of sp³-hybridized carbons (Fsp3) is 0.952. The second kappa shape index (κ2) is 5.54. The van der Waals surface area contributed by atoms with Crippen molar-refractivity contribution in [3.8, 4) is 0 Å². The predicted molar refractivity (Wildman–Crippen MR) is 93.3 cm³/mol. The Morgan fingerprint density at radius 3 is 2.42 bits per heavy atom. The number of aliphatic hydroxyl groups excluding tert-OH is 2. The van der Waals surface area contributed by atoms with Gasteiger partial charge in [0.25, 0.3) is 0 Å². The summed E-state index contributed by atoms with van der Waals surface area (Å²) in [5.74, 6) is 2.69. The molecule has 4 aliphatic rings. The number of ketones is 1. The van der Waals surface area contributed by atoms with E-state index in [0.717, 1.165) is 38.5 Å². The highest BCUT2D eigenvalue weighted by molar-refractivity contribution is 5.79. The molecule has 0 aliphatic heterocycles. The molecule has 0 aromatic rings. The minimum absolute atomic E-state index is 0.0529. The van der Waals surface area contributed by atoms with E-state index in [-0.39, 0.29) is 34.7 Å². The van der Waals surface area contributed by atoms with Gasteiger partial charge in [-0.1, -0.05) is 13.8 Å². The Labute approximate surface area is 146 Å². The third-order valence-electron chi connectivity index (χ3n) is 9.24. The Hall–Kier alpha value is -0.410. The molecule has 0 saturated heterocycles. The molecular formula is C21H34O3. The van der Waals surface area contributed by atoms with Crippen molar-refractivity contribution < 1.29 is 15.0 Å². The van der Waals surface area contributed by atoms with Crippen LogP contribution in [0, 0.1) is 40.4 Å². The van der Waals surface area contributed by atoms with Crippen molar-refractivity contribution in [2.75, 3.05) is 0 Å². The van der Waals surface area contributed by atoms with Crippen LogP contribution < -0.4 is 0 Å². The Morgan fingerprint density at radius 2 is 1.71 bits per heavy atom. The zero-order valence-electron chi connectivity index (χ0n) is 15.5. The topological polar surface area (TPSA) is 57.5 Å². The summed E-state index contributed by atoms with van der Waals surface area (Å²) < 4.78 is 0. The summed E-state index contributed by atoms with van der Waals surface area (Å²) in [4.78, 5) is 12.2. The normalized spacial score (nSPS) is 57.0. The average Bonchev–Trinajstić information content (AvgIpc) is 2.88. The molecule has 4 saturated carbocycles. The number of rotatable bonds is 1. The molecule has 0 amide bonds. The SMILES string of the molecule is CC(=O)[C@@H]1CC[C@@H]2[C@H]3CC[C@H]4C[C@H](O)CC[C@]4(C)[C@@H]3C[C@H](O)[C@@]21C. The van der Waals surface area contributed by atoms with E-state index in [1.165, 1.54) is 12.8 Å². The second-order valence-electron chi connectivity index (χ2n) is 9.94. The molecule has 0 aromatic carbocycles. The minimum Gasteiger partial charge on any atom is -0.393 e. The summed E-state index contributed by atoms with van der Waals surface area (Å²) in [6.45, 7) is 6.36. The van der Waals surface area contributed by atoms with Crippen molar-refractivity contribution in [3.63, 3.8) is 0 Å². The van der Waals surface area contributed by atoms with Crippen molar-refractivity contribution >= 4 is 5.78 Å². The first kappa shape index (κ1) is 17.0. The Morgan fingerprint density at radius 1 is 0.958 bits per heavy atom. The molecule has 0 heterocycles. The maximum absolute atomic E-state index is 12.2. The lowest BCUT2D eigenvalue weighted by Gasteiger charge is -2.62. The van der Waals surface area contributed by atoms with Gasteiger partial charge in [0.1, 0.15) is 5.78 Å². The van der Waals surface area contributed by atoms with Crippen LogP contribution in [-0.2, 0) is 4.79 Å². The molecule has 0 radical (unpaired) electrons. The molecular weight excluding hydrogens is 300 g/mol. The number of hydrogen-bond donors (Lipinski definition) is 2. The fourth-order valence-electron chi connectivity index (χ4n) is 7.86. The molecule has 4 fully saturated rings. The number of fused-ring (bicyclic) bond motifs is 5. The van der Waals surface area contributed by atoms with Crippen LogP contribution in [0.2, 0.25) is 0 Å². The van der Waals surface area contributed by atoms with E-state index >= 15 is 0 Å². The molecule has 24 heavy (non-hydrogen) atoms. The minimum atomic E-state index is -0.345. The summed E-state index contributed by atoms with van der Waals surface area (Å²) in [5, 5.41) is 21.3.